The SMILES string of the molecule is CCC(C)c1ccc2oc(-c3ccc(Cl)c(NC(=O)Cc4ccc(Cl)cc4)c3)nc2c1. The smallest absolute Gasteiger partial charge is 0.228 e. The monoisotopic (exact) mass is 452 g/mol. The maximum Gasteiger partial charge on any atom is 0.228 e. The number of aromatic nitrogens is 1. The Morgan fingerprint density at radius 3 is 2.58 bits per heavy atom. The first kappa shape index (κ1) is 21.4. The minimum Gasteiger partial charge on any atom is -0.436 e. The Bertz CT molecular complexity index is 1230. The van der Waals surface area contributed by atoms with Crippen LogP contribution >= 0.6 is 23.2 Å². The fourth-order valence-electron chi connectivity index (χ4n) is 3.35. The van der Waals surface area contributed by atoms with E-state index >= 15 is 0 Å². The van der Waals surface area contributed by atoms with E-state index in [9.17, 15) is 4.79 Å². The molecular formula is C25H22Cl2N2O2. The summed E-state index contributed by atoms with van der Waals surface area (Å²) in [6.07, 6.45) is 1.28. The number of amides is 1. The van der Waals surface area contributed by atoms with Gasteiger partial charge in [-0.15, -0.1) is 0 Å². The van der Waals surface area contributed by atoms with E-state index in [1.807, 2.05) is 24.3 Å². The number of hydrogen-bond donors (Lipinski definition) is 1. The summed E-state index contributed by atoms with van der Waals surface area (Å²) in [4.78, 5) is 17.1. The maximum atomic E-state index is 12.5. The molecule has 0 fully saturated rings. The molecule has 0 aliphatic heterocycles. The molecular weight excluding hydrogens is 431 g/mol. The van der Waals surface area contributed by atoms with Crippen LogP contribution in [0.2, 0.25) is 10.0 Å². The summed E-state index contributed by atoms with van der Waals surface area (Å²) in [6.45, 7) is 4.36. The summed E-state index contributed by atoms with van der Waals surface area (Å²) in [6, 6.07) is 18.6. The van der Waals surface area contributed by atoms with Gasteiger partial charge in [0, 0.05) is 10.6 Å². The highest BCUT2D eigenvalue weighted by Gasteiger charge is 2.14. The lowest BCUT2D eigenvalue weighted by molar-refractivity contribution is -0.115. The highest BCUT2D eigenvalue weighted by Crippen LogP contribution is 2.32. The Morgan fingerprint density at radius 1 is 1.06 bits per heavy atom. The number of benzene rings is 3. The fourth-order valence-corrected chi connectivity index (χ4v) is 3.64. The average molecular weight is 453 g/mol. The van der Waals surface area contributed by atoms with Crippen LogP contribution in [0.5, 0.6) is 0 Å². The van der Waals surface area contributed by atoms with Crippen LogP contribution in [0.25, 0.3) is 22.6 Å². The Morgan fingerprint density at radius 2 is 1.84 bits per heavy atom. The average Bonchev–Trinajstić information content (AvgIpc) is 3.19. The van der Waals surface area contributed by atoms with Crippen LogP contribution in [0, 0.1) is 0 Å². The van der Waals surface area contributed by atoms with Crippen LogP contribution in [0.4, 0.5) is 5.69 Å². The molecule has 1 amide bonds. The molecule has 1 unspecified atom stereocenters. The molecule has 1 aromatic heterocycles. The molecule has 158 valence electrons. The molecule has 1 atom stereocenters. The number of hydrogen-bond acceptors (Lipinski definition) is 3. The number of carbonyl (C=O) groups excluding carboxylic acids is 1. The molecule has 4 rings (SSSR count). The van der Waals surface area contributed by atoms with E-state index in [1.165, 1.54) is 5.56 Å². The number of nitrogens with one attached hydrogen (secondary N) is 1. The van der Waals surface area contributed by atoms with Gasteiger partial charge in [0.2, 0.25) is 11.8 Å². The van der Waals surface area contributed by atoms with Gasteiger partial charge in [-0.05, 0) is 65.9 Å². The lowest BCUT2D eigenvalue weighted by Gasteiger charge is -2.09. The van der Waals surface area contributed by atoms with Crippen molar-refractivity contribution in [1.82, 2.24) is 4.98 Å². The van der Waals surface area contributed by atoms with Crippen LogP contribution in [0.3, 0.4) is 0 Å². The van der Waals surface area contributed by atoms with E-state index in [0.717, 1.165) is 28.6 Å². The van der Waals surface area contributed by atoms with Crippen molar-refractivity contribution < 1.29 is 9.21 Å². The van der Waals surface area contributed by atoms with E-state index < -0.39 is 0 Å². The van der Waals surface area contributed by atoms with Gasteiger partial charge in [-0.25, -0.2) is 4.98 Å². The number of nitrogens with zero attached hydrogens (tertiary/aromatic N) is 1. The van der Waals surface area contributed by atoms with Gasteiger partial charge < -0.3 is 9.73 Å². The van der Waals surface area contributed by atoms with Gasteiger partial charge in [0.15, 0.2) is 5.58 Å². The molecule has 3 aromatic carbocycles. The predicted octanol–water partition coefficient (Wildman–Crippen LogP) is 7.50. The second-order valence-corrected chi connectivity index (χ2v) is 8.45. The summed E-state index contributed by atoms with van der Waals surface area (Å²) in [5.41, 5.74) is 4.90. The van der Waals surface area contributed by atoms with Gasteiger partial charge in [0.1, 0.15) is 5.52 Å². The molecule has 31 heavy (non-hydrogen) atoms. The third-order valence-electron chi connectivity index (χ3n) is 5.36. The fraction of sp³-hybridized carbons (Fsp3) is 0.200. The first-order valence-electron chi connectivity index (χ1n) is 10.2. The molecule has 0 saturated heterocycles. The molecule has 1 heterocycles. The summed E-state index contributed by atoms with van der Waals surface area (Å²) in [5.74, 6) is 0.779. The number of anilines is 1. The highest BCUT2D eigenvalue weighted by molar-refractivity contribution is 6.33. The van der Waals surface area contributed by atoms with Gasteiger partial charge in [-0.3, -0.25) is 4.79 Å². The first-order chi connectivity index (χ1) is 14.9. The van der Waals surface area contributed by atoms with Gasteiger partial charge >= 0.3 is 0 Å². The molecule has 0 aliphatic rings. The Kier molecular flexibility index (Phi) is 6.30. The van der Waals surface area contributed by atoms with Crippen molar-refractivity contribution in [2.24, 2.45) is 0 Å². The molecule has 4 aromatic rings. The standard InChI is InChI=1S/C25H22Cl2N2O2/c1-3-15(2)17-7-11-23-22(13-17)29-25(31-23)18-6-10-20(27)21(14-18)28-24(30)12-16-4-8-19(26)9-5-16/h4-11,13-15H,3,12H2,1-2H3,(H,28,30). The number of halogens is 2. The number of oxazole rings is 1. The Balaban J connectivity index is 1.57. The second-order valence-electron chi connectivity index (χ2n) is 7.60. The van der Waals surface area contributed by atoms with Crippen LogP contribution in [-0.4, -0.2) is 10.9 Å². The van der Waals surface area contributed by atoms with Crippen molar-refractivity contribution in [1.29, 1.82) is 0 Å². The maximum absolute atomic E-state index is 12.5. The molecule has 1 N–H and O–H groups in total. The zero-order valence-corrected chi connectivity index (χ0v) is 18.8. The number of rotatable bonds is 6. The van der Waals surface area contributed by atoms with Gasteiger partial charge in [-0.2, -0.15) is 0 Å². The van der Waals surface area contributed by atoms with Crippen LogP contribution < -0.4 is 5.32 Å². The number of carbonyl (C=O) groups is 1. The molecule has 6 heteroatoms. The van der Waals surface area contributed by atoms with E-state index in [0.29, 0.717) is 27.5 Å². The third-order valence-corrected chi connectivity index (χ3v) is 5.94. The largest absolute Gasteiger partial charge is 0.436 e. The van der Waals surface area contributed by atoms with E-state index in [1.54, 1.807) is 24.3 Å². The van der Waals surface area contributed by atoms with Crippen LogP contribution in [-0.2, 0) is 11.2 Å². The van der Waals surface area contributed by atoms with Crippen LogP contribution in [0.15, 0.2) is 65.1 Å². The van der Waals surface area contributed by atoms with Crippen molar-refractivity contribution >= 4 is 45.9 Å². The van der Waals surface area contributed by atoms with Gasteiger partial charge in [-0.1, -0.05) is 55.2 Å². The topological polar surface area (TPSA) is 55.1 Å². The molecule has 0 aliphatic carbocycles. The number of fused-ring (bicyclic) bond motifs is 1. The summed E-state index contributed by atoms with van der Waals surface area (Å²) < 4.78 is 5.95. The summed E-state index contributed by atoms with van der Waals surface area (Å²) in [7, 11) is 0. The van der Waals surface area contributed by atoms with Gasteiger partial charge in [0.25, 0.3) is 0 Å². The molecule has 0 radical (unpaired) electrons. The van der Waals surface area contributed by atoms with Crippen molar-refractivity contribution in [2.75, 3.05) is 5.32 Å². The van der Waals surface area contributed by atoms with Gasteiger partial charge in [0.05, 0.1) is 17.1 Å². The quantitative estimate of drug-likeness (QED) is 0.329. The van der Waals surface area contributed by atoms with Crippen molar-refractivity contribution in [3.8, 4) is 11.5 Å². The van der Waals surface area contributed by atoms with E-state index in [2.05, 4.69) is 36.3 Å². The Labute approximate surface area is 191 Å². The molecule has 0 bridgehead atoms. The molecule has 0 saturated carbocycles. The van der Waals surface area contributed by atoms with Crippen molar-refractivity contribution in [2.45, 2.75) is 32.6 Å². The summed E-state index contributed by atoms with van der Waals surface area (Å²) >= 11 is 12.2. The molecule has 4 nitrogen and oxygen atoms in total. The van der Waals surface area contributed by atoms with Crippen LogP contribution in [0.1, 0.15) is 37.3 Å². The second kappa shape index (κ2) is 9.13. The van der Waals surface area contributed by atoms with E-state index in [4.69, 9.17) is 27.6 Å². The van der Waals surface area contributed by atoms with Crippen molar-refractivity contribution in [3.05, 3.63) is 81.8 Å². The van der Waals surface area contributed by atoms with E-state index in [-0.39, 0.29) is 12.3 Å². The predicted molar refractivity (Wildman–Crippen MR) is 127 cm³/mol. The molecule has 0 spiro atoms. The zero-order valence-electron chi connectivity index (χ0n) is 17.3. The normalized spacial score (nSPS) is 12.1. The minimum atomic E-state index is -0.169. The minimum absolute atomic E-state index is 0.169. The zero-order chi connectivity index (χ0) is 22.0. The Hall–Kier alpha value is -2.82. The third kappa shape index (κ3) is 4.92. The first-order valence-corrected chi connectivity index (χ1v) is 10.9. The highest BCUT2D eigenvalue weighted by atomic mass is 35.5. The lowest BCUT2D eigenvalue weighted by atomic mass is 9.98. The summed E-state index contributed by atoms with van der Waals surface area (Å²) in [5, 5.41) is 3.96. The lowest BCUT2D eigenvalue weighted by Crippen LogP contribution is -2.14. The van der Waals surface area contributed by atoms with Crippen molar-refractivity contribution in [3.63, 3.8) is 0 Å².